The highest BCUT2D eigenvalue weighted by Gasteiger charge is 2.60. The Morgan fingerprint density at radius 1 is 1.03 bits per heavy atom. The monoisotopic (exact) mass is 438 g/mol. The van der Waals surface area contributed by atoms with Crippen LogP contribution in [0.3, 0.4) is 0 Å². The van der Waals surface area contributed by atoms with E-state index in [1.807, 2.05) is 5.57 Å². The maximum atomic E-state index is 4.22. The van der Waals surface area contributed by atoms with E-state index in [2.05, 4.69) is 61.1 Å². The van der Waals surface area contributed by atoms with E-state index in [9.17, 15) is 0 Å². The van der Waals surface area contributed by atoms with Gasteiger partial charge in [0.05, 0.1) is 0 Å². The summed E-state index contributed by atoms with van der Waals surface area (Å²) in [6, 6.07) is 0. The lowest BCUT2D eigenvalue weighted by molar-refractivity contribution is -0.0691. The predicted octanol–water partition coefficient (Wildman–Crippen LogP) is 9.86. The smallest absolute Gasteiger partial charge is 0.00849 e. The molecular weight excluding hydrogens is 384 g/mol. The second-order valence-electron chi connectivity index (χ2n) is 14.1. The number of allylic oxidation sites excluding steroid dienone is 3. The van der Waals surface area contributed by atoms with E-state index in [-0.39, 0.29) is 0 Å². The summed E-state index contributed by atoms with van der Waals surface area (Å²) in [7, 11) is 0. The molecule has 0 spiro atoms. The molecule has 182 valence electrons. The van der Waals surface area contributed by atoms with Crippen LogP contribution in [0.25, 0.3) is 0 Å². The van der Waals surface area contributed by atoms with Crippen molar-refractivity contribution < 1.29 is 0 Å². The lowest BCUT2D eigenvalue weighted by Crippen LogP contribution is -2.52. The molecule has 9 atom stereocenters. The van der Waals surface area contributed by atoms with Gasteiger partial charge in [0, 0.05) is 0 Å². The van der Waals surface area contributed by atoms with Crippen molar-refractivity contribution in [3.63, 3.8) is 0 Å². The topological polar surface area (TPSA) is 0 Å². The number of fused-ring (bicyclic) bond motifs is 5. The van der Waals surface area contributed by atoms with Gasteiger partial charge in [0.1, 0.15) is 0 Å². The molecule has 4 aliphatic carbocycles. The Morgan fingerprint density at radius 3 is 2.47 bits per heavy atom. The van der Waals surface area contributed by atoms with Crippen LogP contribution in [0.2, 0.25) is 0 Å². The summed E-state index contributed by atoms with van der Waals surface area (Å²) in [5.41, 5.74) is 4.33. The first-order valence-electron chi connectivity index (χ1n) is 14.4. The summed E-state index contributed by atoms with van der Waals surface area (Å²) in [5, 5.41) is 0. The van der Waals surface area contributed by atoms with E-state index in [1.165, 1.54) is 76.2 Å². The van der Waals surface area contributed by atoms with Crippen LogP contribution in [-0.2, 0) is 0 Å². The number of rotatable bonds is 7. The number of hydrogen-bond acceptors (Lipinski definition) is 0. The summed E-state index contributed by atoms with van der Waals surface area (Å²) in [4.78, 5) is 0. The van der Waals surface area contributed by atoms with Crippen LogP contribution in [0, 0.1) is 58.2 Å². The quantitative estimate of drug-likeness (QED) is 0.347. The zero-order valence-corrected chi connectivity index (χ0v) is 22.7. The molecule has 0 aromatic rings. The summed E-state index contributed by atoms with van der Waals surface area (Å²) >= 11 is 0. The van der Waals surface area contributed by atoms with Crippen molar-refractivity contribution in [2.75, 3.05) is 0 Å². The van der Waals surface area contributed by atoms with Gasteiger partial charge < -0.3 is 0 Å². The van der Waals surface area contributed by atoms with Gasteiger partial charge in [0.2, 0.25) is 0 Å². The zero-order valence-electron chi connectivity index (χ0n) is 22.7. The van der Waals surface area contributed by atoms with Crippen LogP contribution in [-0.4, -0.2) is 0 Å². The molecule has 0 aromatic carbocycles. The molecule has 0 N–H and O–H groups in total. The van der Waals surface area contributed by atoms with E-state index >= 15 is 0 Å². The highest BCUT2D eigenvalue weighted by molar-refractivity contribution is 5.27. The molecular formula is C32H54. The second kappa shape index (κ2) is 9.26. The minimum absolute atomic E-state index is 0.491. The fourth-order valence-corrected chi connectivity index (χ4v) is 9.78. The van der Waals surface area contributed by atoms with E-state index in [4.69, 9.17) is 0 Å². The third-order valence-electron chi connectivity index (χ3n) is 11.4. The molecule has 0 heterocycles. The Bertz CT molecular complexity index is 712. The Balaban J connectivity index is 1.51. The van der Waals surface area contributed by atoms with Crippen LogP contribution in [0.15, 0.2) is 23.8 Å². The van der Waals surface area contributed by atoms with Crippen molar-refractivity contribution in [2.24, 2.45) is 58.2 Å². The molecule has 0 radical (unpaired) electrons. The van der Waals surface area contributed by atoms with Gasteiger partial charge in [-0.05, 0) is 116 Å². The van der Waals surface area contributed by atoms with Crippen molar-refractivity contribution in [3.8, 4) is 0 Å². The van der Waals surface area contributed by atoms with Crippen molar-refractivity contribution in [1.82, 2.24) is 0 Å². The zero-order chi connectivity index (χ0) is 23.3. The molecule has 4 rings (SSSR count). The van der Waals surface area contributed by atoms with E-state index in [0.717, 1.165) is 47.3 Å². The Morgan fingerprint density at radius 2 is 1.78 bits per heavy atom. The third-order valence-corrected chi connectivity index (χ3v) is 11.4. The van der Waals surface area contributed by atoms with E-state index in [1.54, 1.807) is 0 Å². The van der Waals surface area contributed by atoms with Crippen LogP contribution in [0.5, 0.6) is 0 Å². The molecule has 0 saturated heterocycles. The van der Waals surface area contributed by atoms with Crippen molar-refractivity contribution in [2.45, 2.75) is 119 Å². The number of hydrogen-bond donors (Lipinski definition) is 0. The molecule has 4 aliphatic rings. The third kappa shape index (κ3) is 4.31. The Kier molecular flexibility index (Phi) is 7.12. The Labute approximate surface area is 201 Å². The first-order chi connectivity index (χ1) is 15.1. The predicted molar refractivity (Wildman–Crippen MR) is 141 cm³/mol. The Hall–Kier alpha value is -0.520. The molecule has 0 heteroatoms. The highest BCUT2D eigenvalue weighted by atomic mass is 14.6. The van der Waals surface area contributed by atoms with Gasteiger partial charge in [-0.2, -0.15) is 0 Å². The van der Waals surface area contributed by atoms with Crippen LogP contribution >= 0.6 is 0 Å². The molecule has 0 nitrogen and oxygen atoms in total. The van der Waals surface area contributed by atoms with Gasteiger partial charge in [-0.25, -0.2) is 0 Å². The van der Waals surface area contributed by atoms with Gasteiger partial charge >= 0.3 is 0 Å². The summed E-state index contributed by atoms with van der Waals surface area (Å²) in [5.74, 6) is 7.23. The van der Waals surface area contributed by atoms with E-state index in [0.29, 0.717) is 10.8 Å². The molecule has 3 fully saturated rings. The van der Waals surface area contributed by atoms with Crippen molar-refractivity contribution in [3.05, 3.63) is 23.8 Å². The summed E-state index contributed by atoms with van der Waals surface area (Å²) in [6.07, 6.45) is 18.6. The standard InChI is InChI=1S/C32H54/c1-21(2)10-9-11-23(5)27-12-13-28-30-24(6)19-26-20-25(18-22(3)4)14-16-31(26,7)29(30)15-17-32(27,28)8/h19,21,23-25,27-30H,3,9-18,20H2,1-2,4-8H3. The molecule has 9 unspecified atom stereocenters. The molecule has 32 heavy (non-hydrogen) atoms. The maximum Gasteiger partial charge on any atom is -0.00849 e. The van der Waals surface area contributed by atoms with Crippen LogP contribution in [0.4, 0.5) is 0 Å². The first kappa shape index (κ1) is 24.6. The van der Waals surface area contributed by atoms with Crippen LogP contribution < -0.4 is 0 Å². The van der Waals surface area contributed by atoms with Gasteiger partial charge in [-0.15, -0.1) is 6.58 Å². The molecule has 0 amide bonds. The lowest BCUT2D eigenvalue weighted by Gasteiger charge is -2.60. The highest BCUT2D eigenvalue weighted by Crippen LogP contribution is 2.68. The minimum Gasteiger partial charge on any atom is -0.100 e. The van der Waals surface area contributed by atoms with Gasteiger partial charge in [-0.3, -0.25) is 0 Å². The largest absolute Gasteiger partial charge is 0.100 e. The van der Waals surface area contributed by atoms with E-state index < -0.39 is 0 Å². The minimum atomic E-state index is 0.491. The second-order valence-corrected chi connectivity index (χ2v) is 14.1. The molecule has 0 aromatic heterocycles. The van der Waals surface area contributed by atoms with Gasteiger partial charge in [0.15, 0.2) is 0 Å². The average Bonchev–Trinajstić information content (AvgIpc) is 3.05. The summed E-state index contributed by atoms with van der Waals surface area (Å²) < 4.78 is 0. The van der Waals surface area contributed by atoms with Gasteiger partial charge in [-0.1, -0.05) is 78.0 Å². The SMILES string of the molecule is C=C(C)CC1CCC2(C)C(=CC(C)C3C2CCC2(C)C(C(C)CCCC(C)C)CCC32)C1. The molecule has 3 saturated carbocycles. The normalized spacial score (nSPS) is 44.4. The summed E-state index contributed by atoms with van der Waals surface area (Å²) in [6.45, 7) is 21.8. The molecule has 0 aliphatic heterocycles. The van der Waals surface area contributed by atoms with Crippen molar-refractivity contribution >= 4 is 0 Å². The average molecular weight is 439 g/mol. The fourth-order valence-electron chi connectivity index (χ4n) is 9.78. The fraction of sp³-hybridized carbons (Fsp3) is 0.875. The molecule has 0 bridgehead atoms. The van der Waals surface area contributed by atoms with Gasteiger partial charge in [0.25, 0.3) is 0 Å². The lowest BCUT2D eigenvalue weighted by atomic mass is 9.44. The van der Waals surface area contributed by atoms with Crippen molar-refractivity contribution in [1.29, 1.82) is 0 Å². The maximum absolute atomic E-state index is 4.22. The first-order valence-corrected chi connectivity index (χ1v) is 14.4. The van der Waals surface area contributed by atoms with Crippen LogP contribution in [0.1, 0.15) is 119 Å².